The van der Waals surface area contributed by atoms with Crippen LogP contribution in [0.3, 0.4) is 0 Å². The van der Waals surface area contributed by atoms with E-state index in [1.54, 1.807) is 6.07 Å². The molecule has 86 valence electrons. The molecule has 1 heterocycles. The molecular weight excluding hydrogens is 224 g/mol. The summed E-state index contributed by atoms with van der Waals surface area (Å²) in [6.07, 6.45) is 1.29. The minimum absolute atomic E-state index is 0.0700. The van der Waals surface area contributed by atoms with Gasteiger partial charge in [-0.25, -0.2) is 9.59 Å². The molecule has 0 bridgehead atoms. The monoisotopic (exact) mass is 232 g/mol. The number of carboxylic acids is 1. The Hall–Kier alpha value is -2.63. The highest BCUT2D eigenvalue weighted by atomic mass is 16.4. The number of benzene rings is 1. The molecule has 6 nitrogen and oxygen atoms in total. The van der Waals surface area contributed by atoms with Crippen LogP contribution in [0.4, 0.5) is 0 Å². The number of carbonyl (C=O) groups is 1. The first-order valence-corrected chi connectivity index (χ1v) is 4.73. The Balaban J connectivity index is 2.61. The lowest BCUT2D eigenvalue weighted by molar-refractivity contribution is 0.0697. The van der Waals surface area contributed by atoms with Crippen LogP contribution in [-0.2, 0) is 0 Å². The van der Waals surface area contributed by atoms with Crippen LogP contribution in [0.1, 0.15) is 10.4 Å². The van der Waals surface area contributed by atoms with Gasteiger partial charge in [0.1, 0.15) is 0 Å². The van der Waals surface area contributed by atoms with E-state index in [1.807, 2.05) is 0 Å². The number of carboxylic acid groups (broad SMARTS) is 1. The average Bonchev–Trinajstić information content (AvgIpc) is 2.29. The standard InChI is InChI=1S/C11H8N2O4/c14-9-4-5-13(11(17)12-9)8-3-1-2-7(6-8)10(15)16/h1-6H,(H,15,16)(H,12,14,17). The Labute approximate surface area is 94.8 Å². The Morgan fingerprint density at radius 1 is 1.24 bits per heavy atom. The van der Waals surface area contributed by atoms with Gasteiger partial charge in [0.05, 0.1) is 11.3 Å². The number of nitrogens with zero attached hydrogens (tertiary/aromatic N) is 1. The Morgan fingerprint density at radius 2 is 2.00 bits per heavy atom. The van der Waals surface area contributed by atoms with E-state index in [4.69, 9.17) is 5.11 Å². The number of rotatable bonds is 2. The number of aromatic nitrogens is 2. The van der Waals surface area contributed by atoms with Gasteiger partial charge in [-0.05, 0) is 18.2 Å². The number of hydrogen-bond donors (Lipinski definition) is 2. The molecule has 6 heteroatoms. The van der Waals surface area contributed by atoms with Gasteiger partial charge in [-0.2, -0.15) is 0 Å². The molecule has 2 rings (SSSR count). The summed E-state index contributed by atoms with van der Waals surface area (Å²) in [6, 6.07) is 7.06. The van der Waals surface area contributed by atoms with Crippen LogP contribution in [0.2, 0.25) is 0 Å². The van der Waals surface area contributed by atoms with Gasteiger partial charge in [0.25, 0.3) is 5.56 Å². The molecule has 0 atom stereocenters. The highest BCUT2D eigenvalue weighted by molar-refractivity contribution is 5.88. The summed E-state index contributed by atoms with van der Waals surface area (Å²) in [7, 11) is 0. The molecule has 0 fully saturated rings. The molecular formula is C11H8N2O4. The fourth-order valence-corrected chi connectivity index (χ4v) is 1.41. The predicted octanol–water partition coefficient (Wildman–Crippen LogP) is 0.224. The first-order valence-electron chi connectivity index (χ1n) is 4.73. The maximum absolute atomic E-state index is 11.5. The summed E-state index contributed by atoms with van der Waals surface area (Å²) >= 11 is 0. The van der Waals surface area contributed by atoms with Gasteiger partial charge in [0.15, 0.2) is 0 Å². The second kappa shape index (κ2) is 4.09. The molecule has 17 heavy (non-hydrogen) atoms. The normalized spacial score (nSPS) is 10.1. The van der Waals surface area contributed by atoms with Crippen molar-refractivity contribution in [3.63, 3.8) is 0 Å². The van der Waals surface area contributed by atoms with E-state index in [1.165, 1.54) is 30.5 Å². The van der Waals surface area contributed by atoms with Crippen LogP contribution in [-0.4, -0.2) is 20.6 Å². The Kier molecular flexibility index (Phi) is 2.61. The third-order valence-electron chi connectivity index (χ3n) is 2.20. The van der Waals surface area contributed by atoms with Crippen LogP contribution in [0.5, 0.6) is 0 Å². The van der Waals surface area contributed by atoms with E-state index < -0.39 is 17.2 Å². The van der Waals surface area contributed by atoms with Crippen LogP contribution in [0, 0.1) is 0 Å². The summed E-state index contributed by atoms with van der Waals surface area (Å²) in [5.74, 6) is -1.08. The molecule has 0 aliphatic heterocycles. The number of hydrogen-bond acceptors (Lipinski definition) is 3. The Morgan fingerprint density at radius 3 is 2.65 bits per heavy atom. The number of H-pyrrole nitrogens is 1. The number of aromatic carboxylic acids is 1. The van der Waals surface area contributed by atoms with Gasteiger partial charge in [-0.3, -0.25) is 14.3 Å². The van der Waals surface area contributed by atoms with E-state index in [-0.39, 0.29) is 5.56 Å². The molecule has 1 aromatic carbocycles. The molecule has 0 unspecified atom stereocenters. The topological polar surface area (TPSA) is 92.2 Å². The molecule has 0 spiro atoms. The zero-order chi connectivity index (χ0) is 12.4. The van der Waals surface area contributed by atoms with Crippen molar-refractivity contribution in [2.24, 2.45) is 0 Å². The van der Waals surface area contributed by atoms with Gasteiger partial charge in [0.2, 0.25) is 0 Å². The summed E-state index contributed by atoms with van der Waals surface area (Å²) in [5.41, 5.74) is -0.660. The van der Waals surface area contributed by atoms with Crippen molar-refractivity contribution < 1.29 is 9.90 Å². The molecule has 0 saturated heterocycles. The first kappa shape index (κ1) is 10.9. The van der Waals surface area contributed by atoms with Crippen molar-refractivity contribution in [3.8, 4) is 5.69 Å². The van der Waals surface area contributed by atoms with Gasteiger partial charge in [-0.1, -0.05) is 6.07 Å². The molecule has 0 aliphatic carbocycles. The van der Waals surface area contributed by atoms with E-state index >= 15 is 0 Å². The van der Waals surface area contributed by atoms with Crippen LogP contribution in [0.25, 0.3) is 5.69 Å². The van der Waals surface area contributed by atoms with E-state index in [2.05, 4.69) is 4.98 Å². The van der Waals surface area contributed by atoms with Gasteiger partial charge < -0.3 is 5.11 Å². The van der Waals surface area contributed by atoms with Crippen LogP contribution >= 0.6 is 0 Å². The summed E-state index contributed by atoms with van der Waals surface area (Å²) < 4.78 is 1.16. The van der Waals surface area contributed by atoms with E-state index in [0.29, 0.717) is 5.69 Å². The van der Waals surface area contributed by atoms with Gasteiger partial charge >= 0.3 is 11.7 Å². The lowest BCUT2D eigenvalue weighted by Gasteiger charge is -2.04. The summed E-state index contributed by atoms with van der Waals surface area (Å²) in [6.45, 7) is 0. The zero-order valence-corrected chi connectivity index (χ0v) is 8.58. The van der Waals surface area contributed by atoms with Crippen molar-refractivity contribution in [1.82, 2.24) is 9.55 Å². The lowest BCUT2D eigenvalue weighted by atomic mass is 10.2. The van der Waals surface area contributed by atoms with Crippen molar-refractivity contribution in [1.29, 1.82) is 0 Å². The maximum atomic E-state index is 11.5. The smallest absolute Gasteiger partial charge is 0.335 e. The quantitative estimate of drug-likeness (QED) is 0.774. The SMILES string of the molecule is O=C(O)c1cccc(-n2ccc(=O)[nH]c2=O)c1. The van der Waals surface area contributed by atoms with Crippen molar-refractivity contribution in [2.75, 3.05) is 0 Å². The molecule has 1 aromatic heterocycles. The van der Waals surface area contributed by atoms with Crippen LogP contribution < -0.4 is 11.2 Å². The third kappa shape index (κ3) is 2.15. The van der Waals surface area contributed by atoms with Gasteiger partial charge in [0, 0.05) is 12.3 Å². The predicted molar refractivity (Wildman–Crippen MR) is 59.6 cm³/mol. The summed E-state index contributed by atoms with van der Waals surface area (Å²) in [5, 5.41) is 8.82. The minimum Gasteiger partial charge on any atom is -0.478 e. The van der Waals surface area contributed by atoms with Gasteiger partial charge in [-0.15, -0.1) is 0 Å². The number of nitrogens with one attached hydrogen (secondary N) is 1. The highest BCUT2D eigenvalue weighted by Gasteiger charge is 2.05. The largest absolute Gasteiger partial charge is 0.478 e. The molecule has 2 N–H and O–H groups in total. The maximum Gasteiger partial charge on any atom is 0.335 e. The van der Waals surface area contributed by atoms with E-state index in [9.17, 15) is 14.4 Å². The van der Waals surface area contributed by atoms with Crippen molar-refractivity contribution in [3.05, 3.63) is 62.9 Å². The van der Waals surface area contributed by atoms with Crippen LogP contribution in [0.15, 0.2) is 46.1 Å². The zero-order valence-electron chi connectivity index (χ0n) is 8.58. The fraction of sp³-hybridized carbons (Fsp3) is 0. The fourth-order valence-electron chi connectivity index (χ4n) is 1.41. The van der Waals surface area contributed by atoms with E-state index in [0.717, 1.165) is 4.57 Å². The molecule has 2 aromatic rings. The average molecular weight is 232 g/mol. The highest BCUT2D eigenvalue weighted by Crippen LogP contribution is 2.07. The molecule has 0 saturated carbocycles. The Bertz CT molecular complexity index is 684. The first-order chi connectivity index (χ1) is 8.08. The summed E-state index contributed by atoms with van der Waals surface area (Å²) in [4.78, 5) is 35.2. The molecule has 0 radical (unpaired) electrons. The van der Waals surface area contributed by atoms with Crippen molar-refractivity contribution in [2.45, 2.75) is 0 Å². The second-order valence-electron chi connectivity index (χ2n) is 3.34. The molecule has 0 amide bonds. The third-order valence-corrected chi connectivity index (χ3v) is 2.20. The van der Waals surface area contributed by atoms with Crippen molar-refractivity contribution >= 4 is 5.97 Å². The molecule has 0 aliphatic rings. The lowest BCUT2D eigenvalue weighted by Crippen LogP contribution is -2.27. The second-order valence-corrected chi connectivity index (χ2v) is 3.34. The minimum atomic E-state index is -1.08. The number of aromatic amines is 1.